The summed E-state index contributed by atoms with van der Waals surface area (Å²) in [5, 5.41) is 50.8. The number of amides is 6. The average molecular weight is 1510 g/mol. The third kappa shape index (κ3) is 55.0. The minimum atomic E-state index is -1.51. The lowest BCUT2D eigenvalue weighted by Gasteiger charge is -2.22. The van der Waals surface area contributed by atoms with Crippen LogP contribution in [0.5, 0.6) is 0 Å². The summed E-state index contributed by atoms with van der Waals surface area (Å²) >= 11 is 0. The van der Waals surface area contributed by atoms with Crippen LogP contribution in [-0.2, 0) is 96.1 Å². The van der Waals surface area contributed by atoms with E-state index in [1.165, 1.54) is 0 Å². The lowest BCUT2D eigenvalue weighted by atomic mass is 10.1. The highest BCUT2D eigenvalue weighted by Crippen LogP contribution is 2.14. The zero-order chi connectivity index (χ0) is 81.3. The number of ether oxygens (including phenoxy) is 7. The molecule has 33 nitrogen and oxygen atoms in total. The van der Waals surface area contributed by atoms with Crippen LogP contribution in [-0.4, -0.2) is 177 Å². The number of aliphatic carboxylic acids is 4. The number of benzene rings is 3. The molecule has 0 aliphatic heterocycles. The van der Waals surface area contributed by atoms with Crippen molar-refractivity contribution in [1.29, 1.82) is 0 Å². The summed E-state index contributed by atoms with van der Waals surface area (Å²) in [6.07, 6.45) is 1.21. The van der Waals surface area contributed by atoms with Gasteiger partial charge < -0.3 is 103 Å². The summed E-state index contributed by atoms with van der Waals surface area (Å²) in [4.78, 5) is 153. The van der Waals surface area contributed by atoms with Crippen molar-refractivity contribution in [2.24, 2.45) is 17.2 Å². The van der Waals surface area contributed by atoms with Crippen LogP contribution in [0.4, 0.5) is 19.2 Å². The maximum Gasteiger partial charge on any atom is 0.408 e. The van der Waals surface area contributed by atoms with Crippen LogP contribution < -0.4 is 49.1 Å². The predicted octanol–water partition coefficient (Wildman–Crippen LogP) is 7.78. The molecule has 0 bridgehead atoms. The molecule has 0 radical (unpaired) electrons. The number of hydrogen-bond acceptors (Lipinski definition) is 23. The summed E-state index contributed by atoms with van der Waals surface area (Å²) < 4.78 is 35.9. The second kappa shape index (κ2) is 51.9. The van der Waals surface area contributed by atoms with Gasteiger partial charge in [0.25, 0.3) is 0 Å². The molecule has 6 atom stereocenters. The van der Waals surface area contributed by atoms with Crippen molar-refractivity contribution in [2.75, 3.05) is 19.6 Å². The van der Waals surface area contributed by atoms with Gasteiger partial charge in [0.15, 0.2) is 0 Å². The number of carboxylic acids is 4. The Balaban J connectivity index is 0.00000160. The lowest BCUT2D eigenvalue weighted by molar-refractivity contribution is -0.148. The van der Waals surface area contributed by atoms with Gasteiger partial charge in [0.2, 0.25) is 11.8 Å². The molecule has 3 aromatic rings. The largest absolute Gasteiger partial charge is 0.480 e. The Hall–Kier alpha value is -10.2. The number of rotatable bonds is 39. The van der Waals surface area contributed by atoms with Crippen LogP contribution in [0.25, 0.3) is 0 Å². The molecule has 3 aromatic carbocycles. The van der Waals surface area contributed by atoms with Gasteiger partial charge in [-0.15, -0.1) is 0 Å². The molecule has 0 fully saturated rings. The van der Waals surface area contributed by atoms with Crippen LogP contribution in [0, 0.1) is 0 Å². The van der Waals surface area contributed by atoms with E-state index in [2.05, 4.69) is 31.9 Å². The highest BCUT2D eigenvalue weighted by Gasteiger charge is 2.31. The van der Waals surface area contributed by atoms with Gasteiger partial charge in [-0.1, -0.05) is 91.0 Å². The number of unbranched alkanes of at least 4 members (excludes halogenated alkanes) is 3. The first-order valence-corrected chi connectivity index (χ1v) is 35.1. The average Bonchev–Trinajstić information content (AvgIpc) is 0.878. The Kier molecular flexibility index (Phi) is 47.0. The van der Waals surface area contributed by atoms with E-state index in [4.69, 9.17) is 65.7 Å². The second-order valence-corrected chi connectivity index (χ2v) is 28.3. The van der Waals surface area contributed by atoms with E-state index in [-0.39, 0.29) is 64.8 Å². The van der Waals surface area contributed by atoms with Crippen LogP contribution in [0.2, 0.25) is 0 Å². The highest BCUT2D eigenvalue weighted by molar-refractivity contribution is 5.92. The van der Waals surface area contributed by atoms with E-state index >= 15 is 0 Å². The fraction of sp³-hybridized carbons (Fsp3) is 0.581. The van der Waals surface area contributed by atoms with Gasteiger partial charge in [-0.25, -0.2) is 28.8 Å². The second-order valence-electron chi connectivity index (χ2n) is 28.3. The van der Waals surface area contributed by atoms with Crippen LogP contribution in [0.3, 0.4) is 0 Å². The van der Waals surface area contributed by atoms with Crippen LogP contribution in [0.15, 0.2) is 91.0 Å². The first kappa shape index (κ1) is 96.8. The van der Waals surface area contributed by atoms with E-state index in [1.807, 2.05) is 18.2 Å². The van der Waals surface area contributed by atoms with Gasteiger partial charge >= 0.3 is 66.2 Å². The summed E-state index contributed by atoms with van der Waals surface area (Å²) in [6, 6.07) is 20.1. The Labute approximate surface area is 625 Å². The molecular formula is C74H115N9O24. The van der Waals surface area contributed by atoms with Gasteiger partial charge in [0, 0.05) is 38.9 Å². The number of nitrogens with one attached hydrogen (secondary N) is 6. The molecule has 0 aliphatic rings. The number of alkyl carbamates (subject to hydrolysis) is 4. The number of nitrogens with two attached hydrogens (primary N) is 3. The van der Waals surface area contributed by atoms with Crippen LogP contribution in [0.1, 0.15) is 196 Å². The first-order chi connectivity index (χ1) is 49.8. The van der Waals surface area contributed by atoms with Gasteiger partial charge in [0.05, 0.1) is 6.04 Å². The molecule has 0 heterocycles. The Bertz CT molecular complexity index is 3140. The van der Waals surface area contributed by atoms with E-state index in [0.717, 1.165) is 16.7 Å². The molecule has 600 valence electrons. The van der Waals surface area contributed by atoms with E-state index in [1.54, 1.807) is 156 Å². The number of hydrogen-bond donors (Lipinski definition) is 13. The smallest absolute Gasteiger partial charge is 0.408 e. The molecule has 3 rings (SSSR count). The number of carbonyl (C=O) groups is 13. The fourth-order valence-electron chi connectivity index (χ4n) is 8.36. The molecule has 0 aliphatic carbocycles. The van der Waals surface area contributed by atoms with Crippen molar-refractivity contribution in [2.45, 2.75) is 258 Å². The van der Waals surface area contributed by atoms with Gasteiger partial charge in [-0.05, 0) is 177 Å². The molecule has 0 unspecified atom stereocenters. The van der Waals surface area contributed by atoms with E-state index in [0.29, 0.717) is 71.0 Å². The first-order valence-electron chi connectivity index (χ1n) is 35.1. The van der Waals surface area contributed by atoms with Gasteiger partial charge in [-0.2, -0.15) is 0 Å². The molecule has 0 spiro atoms. The maximum absolute atomic E-state index is 13.3. The van der Waals surface area contributed by atoms with Gasteiger partial charge in [-0.3, -0.25) is 33.6 Å². The molecular weight excluding hydrogens is 1400 g/mol. The summed E-state index contributed by atoms with van der Waals surface area (Å²) in [6.45, 7) is 22.5. The van der Waals surface area contributed by atoms with Crippen molar-refractivity contribution in [1.82, 2.24) is 31.9 Å². The fourth-order valence-corrected chi connectivity index (χ4v) is 8.36. The zero-order valence-electron chi connectivity index (χ0n) is 63.7. The highest BCUT2D eigenvalue weighted by atomic mass is 16.6. The molecule has 6 amide bonds. The molecule has 16 N–H and O–H groups in total. The summed E-state index contributed by atoms with van der Waals surface area (Å²) in [5.74, 6) is -8.14. The zero-order valence-corrected chi connectivity index (χ0v) is 63.7. The molecule has 0 saturated heterocycles. The van der Waals surface area contributed by atoms with Crippen molar-refractivity contribution >= 4 is 78.0 Å². The van der Waals surface area contributed by atoms with Crippen molar-refractivity contribution in [3.8, 4) is 0 Å². The van der Waals surface area contributed by atoms with Gasteiger partial charge in [0.1, 0.15) is 72.4 Å². The predicted molar refractivity (Wildman–Crippen MR) is 392 cm³/mol. The van der Waals surface area contributed by atoms with E-state index in [9.17, 15) is 67.4 Å². The molecule has 0 aromatic heterocycles. The number of carboxylic acid groups (broad SMARTS) is 4. The maximum atomic E-state index is 13.3. The van der Waals surface area contributed by atoms with Crippen molar-refractivity contribution < 1.29 is 116 Å². The lowest BCUT2D eigenvalue weighted by Crippen LogP contribution is -2.54. The minimum Gasteiger partial charge on any atom is -0.480 e. The molecule has 0 saturated carbocycles. The monoisotopic (exact) mass is 1510 g/mol. The minimum absolute atomic E-state index is 0.00323. The molecule has 107 heavy (non-hydrogen) atoms. The number of esters is 3. The topological polar surface area (TPSA) is 518 Å². The number of carbonyl (C=O) groups excluding carboxylic acids is 9. The summed E-state index contributed by atoms with van der Waals surface area (Å²) in [7, 11) is 0. The van der Waals surface area contributed by atoms with Crippen LogP contribution >= 0.6 is 0 Å². The standard InChI is InChI=1S/C36H41N3O10.C16H30N2O6.2C11H22N2O4/c37-28(16-19-31(40)47-22-25-10-4-1-5-11-25)34(43)38-29(17-20-32(41)48-23-26-12-6-2-7-13-26)35(44)39-30(36(45)46)18-21-33(42)49-24-27-14-8-3-9-15-27;1-15(2,3)23-13(21)17-10-8-7-9-11(12(19)20)18-14(22)24-16(4,5)6;2*1-11(2,3)17-10(16)13-7-5-4-6-8(12)9(14)15/h1-15,28-30H,16-24,37H2,(H,38,43)(H,39,44)(H,45,46);11H,7-10H2,1-6H3,(H,17,21)(H,18,22)(H,19,20);2*8H,4-7,12H2,1-3H3,(H,13,16)(H,14,15)/t28-,29-,30-;11-;2*8-/m0000/s1. The Morgan fingerprint density at radius 1 is 0.327 bits per heavy atom. The van der Waals surface area contributed by atoms with Crippen molar-refractivity contribution in [3.63, 3.8) is 0 Å². The summed E-state index contributed by atoms with van der Waals surface area (Å²) in [5.41, 5.74) is 16.7. The molecule has 33 heteroatoms. The van der Waals surface area contributed by atoms with Crippen molar-refractivity contribution in [3.05, 3.63) is 108 Å². The quantitative estimate of drug-likeness (QED) is 0.0147. The third-order valence-corrected chi connectivity index (χ3v) is 13.7. The normalized spacial score (nSPS) is 12.7. The Morgan fingerprint density at radius 2 is 0.607 bits per heavy atom. The third-order valence-electron chi connectivity index (χ3n) is 13.7. The Morgan fingerprint density at radius 3 is 0.916 bits per heavy atom. The van der Waals surface area contributed by atoms with E-state index < -0.39 is 137 Å². The SMILES string of the molecule is CC(C)(C)OC(=O)NCCCC[C@H](N)C(=O)O.CC(C)(C)OC(=O)NCCCC[C@H](N)C(=O)O.CC(C)(C)OC(=O)NCCCC[C@H](NC(=O)OC(C)(C)C)C(=O)O.N[C@@H](CCC(=O)OCc1ccccc1)C(=O)N[C@@H](CCC(=O)OCc1ccccc1)C(=O)N[C@@H](CCC(=O)OCc1ccccc1)C(=O)O.